The van der Waals surface area contributed by atoms with Crippen molar-refractivity contribution < 1.29 is 4.42 Å². The molecule has 2 heterocycles. The monoisotopic (exact) mass is 229 g/mol. The van der Waals surface area contributed by atoms with Gasteiger partial charge in [0, 0.05) is 0 Å². The molecule has 2 nitrogen and oxygen atoms in total. The Hall–Kier alpha value is -0.531. The summed E-state index contributed by atoms with van der Waals surface area (Å²) in [7, 11) is 0. The van der Waals surface area contributed by atoms with Crippen molar-refractivity contribution in [2.45, 2.75) is 12.8 Å². The van der Waals surface area contributed by atoms with Crippen LogP contribution < -0.4 is 0 Å². The van der Waals surface area contributed by atoms with Gasteiger partial charge in [-0.3, -0.25) is 0 Å². The van der Waals surface area contributed by atoms with Crippen molar-refractivity contribution in [2.24, 2.45) is 0 Å². The molecule has 0 unspecified atom stereocenters. The third kappa shape index (κ3) is 1.47. The van der Waals surface area contributed by atoms with Crippen LogP contribution in [0.4, 0.5) is 0 Å². The molecular weight excluding hydrogens is 217 g/mol. The number of rotatable bonds is 2. The molecular formula is C9H11NOSe. The van der Waals surface area contributed by atoms with E-state index in [1.807, 2.05) is 12.1 Å². The fourth-order valence-corrected chi connectivity index (χ4v) is 2.10. The Balaban J connectivity index is 2.09. The van der Waals surface area contributed by atoms with E-state index in [0.717, 1.165) is 23.4 Å². The molecule has 0 radical (unpaired) electrons. The summed E-state index contributed by atoms with van der Waals surface area (Å²) in [4.78, 5) is 2.33. The van der Waals surface area contributed by atoms with Crippen molar-refractivity contribution in [1.82, 2.24) is 4.90 Å². The van der Waals surface area contributed by atoms with Gasteiger partial charge in [0.25, 0.3) is 0 Å². The first kappa shape index (κ1) is 8.09. The molecule has 0 aromatic carbocycles. The second-order valence-electron chi connectivity index (χ2n) is 2.98. The first-order chi connectivity index (χ1) is 5.88. The van der Waals surface area contributed by atoms with Gasteiger partial charge in [-0.25, -0.2) is 0 Å². The minimum absolute atomic E-state index is 0.955. The van der Waals surface area contributed by atoms with E-state index < -0.39 is 0 Å². The maximum atomic E-state index is 5.30. The number of hydrogen-bond donors (Lipinski definition) is 0. The van der Waals surface area contributed by atoms with Crippen molar-refractivity contribution in [3.63, 3.8) is 0 Å². The van der Waals surface area contributed by atoms with Crippen LogP contribution in [0.5, 0.6) is 0 Å². The maximum absolute atomic E-state index is 5.30. The van der Waals surface area contributed by atoms with Gasteiger partial charge in [0.1, 0.15) is 0 Å². The minimum atomic E-state index is 0.955. The van der Waals surface area contributed by atoms with Crippen molar-refractivity contribution in [3.8, 4) is 0 Å². The normalized spacial score (nSPS) is 16.8. The van der Waals surface area contributed by atoms with E-state index in [1.165, 1.54) is 12.8 Å². The van der Waals surface area contributed by atoms with Crippen LogP contribution in [0.2, 0.25) is 0 Å². The molecule has 0 saturated carbocycles. The quantitative estimate of drug-likeness (QED) is 0.703. The van der Waals surface area contributed by atoms with Crippen molar-refractivity contribution in [3.05, 3.63) is 24.2 Å². The van der Waals surface area contributed by atoms with Gasteiger partial charge in [0.2, 0.25) is 0 Å². The Bertz CT molecular complexity index is 262. The van der Waals surface area contributed by atoms with Crippen molar-refractivity contribution >= 4 is 20.1 Å². The Morgan fingerprint density at radius 1 is 1.42 bits per heavy atom. The summed E-state index contributed by atoms with van der Waals surface area (Å²) < 4.78 is 6.45. The fourth-order valence-electron chi connectivity index (χ4n) is 1.48. The molecule has 0 atom stereocenters. The molecule has 0 bridgehead atoms. The third-order valence-corrected chi connectivity index (χ3v) is 3.09. The number of hydrogen-bond acceptors (Lipinski definition) is 2. The van der Waals surface area contributed by atoms with Crippen LogP contribution in [0, 0.1) is 0 Å². The SMILES string of the molecule is [Se]=C(c1ccco1)N1CCCC1. The fraction of sp³-hybridized carbons (Fsp3) is 0.444. The molecule has 0 amide bonds. The second kappa shape index (κ2) is 3.46. The molecule has 1 fully saturated rings. The van der Waals surface area contributed by atoms with E-state index in [-0.39, 0.29) is 0 Å². The summed E-state index contributed by atoms with van der Waals surface area (Å²) in [6.07, 6.45) is 4.31. The number of likely N-dealkylation sites (tertiary alicyclic amines) is 1. The summed E-state index contributed by atoms with van der Waals surface area (Å²) in [5.74, 6) is 0.955. The molecule has 1 aromatic heterocycles. The van der Waals surface area contributed by atoms with Crippen molar-refractivity contribution in [1.29, 1.82) is 0 Å². The van der Waals surface area contributed by atoms with Crippen LogP contribution in [-0.2, 0) is 0 Å². The average molecular weight is 228 g/mol. The molecule has 64 valence electrons. The standard InChI is InChI=1S/C9H11NOSe/c12-9(8-4-3-7-11-8)10-5-1-2-6-10/h3-4,7H,1-2,5-6H2. The Kier molecular flexibility index (Phi) is 2.33. The molecule has 0 N–H and O–H groups in total. The molecule has 3 heteroatoms. The molecule has 0 aliphatic carbocycles. The van der Waals surface area contributed by atoms with Crippen LogP contribution in [0.15, 0.2) is 22.8 Å². The van der Waals surface area contributed by atoms with Gasteiger partial charge in [-0.15, -0.1) is 0 Å². The van der Waals surface area contributed by atoms with Crippen LogP contribution in [0.3, 0.4) is 0 Å². The summed E-state index contributed by atoms with van der Waals surface area (Å²) in [5, 5.41) is 0. The molecule has 0 spiro atoms. The number of nitrogens with zero attached hydrogens (tertiary/aromatic N) is 1. The summed E-state index contributed by atoms with van der Waals surface area (Å²) in [6.45, 7) is 2.31. The zero-order valence-electron chi connectivity index (χ0n) is 6.82. The van der Waals surface area contributed by atoms with Gasteiger partial charge in [-0.05, 0) is 0 Å². The molecule has 2 rings (SSSR count). The molecule has 12 heavy (non-hydrogen) atoms. The summed E-state index contributed by atoms with van der Waals surface area (Å²) in [6, 6.07) is 3.91. The van der Waals surface area contributed by atoms with Crippen LogP contribution in [0.25, 0.3) is 0 Å². The average Bonchev–Trinajstić information content (AvgIpc) is 2.77. The molecule has 1 saturated heterocycles. The van der Waals surface area contributed by atoms with Gasteiger partial charge in [-0.2, -0.15) is 0 Å². The first-order valence-corrected chi connectivity index (χ1v) is 5.06. The summed E-state index contributed by atoms with van der Waals surface area (Å²) >= 11 is 3.07. The van der Waals surface area contributed by atoms with Crippen LogP contribution in [-0.4, -0.2) is 38.1 Å². The first-order valence-electron chi connectivity index (χ1n) is 4.21. The van der Waals surface area contributed by atoms with Gasteiger partial charge < -0.3 is 0 Å². The Labute approximate surface area is 79.9 Å². The molecule has 1 aliphatic rings. The van der Waals surface area contributed by atoms with Gasteiger partial charge >= 0.3 is 79.5 Å². The van der Waals surface area contributed by atoms with Crippen molar-refractivity contribution in [2.75, 3.05) is 13.1 Å². The summed E-state index contributed by atoms with van der Waals surface area (Å²) in [5.41, 5.74) is 0. The molecule has 1 aromatic rings. The van der Waals surface area contributed by atoms with E-state index in [2.05, 4.69) is 20.5 Å². The molecule has 1 aliphatic heterocycles. The predicted molar refractivity (Wildman–Crippen MR) is 49.4 cm³/mol. The van der Waals surface area contributed by atoms with E-state index >= 15 is 0 Å². The van der Waals surface area contributed by atoms with E-state index in [4.69, 9.17) is 4.42 Å². The van der Waals surface area contributed by atoms with E-state index in [9.17, 15) is 0 Å². The second-order valence-corrected chi connectivity index (χ2v) is 3.79. The zero-order valence-corrected chi connectivity index (χ0v) is 8.54. The predicted octanol–water partition coefficient (Wildman–Crippen LogP) is 1.02. The zero-order chi connectivity index (χ0) is 8.39. The number of furan rings is 1. The van der Waals surface area contributed by atoms with E-state index in [1.54, 1.807) is 6.26 Å². The van der Waals surface area contributed by atoms with Gasteiger partial charge in [0.15, 0.2) is 0 Å². The third-order valence-electron chi connectivity index (χ3n) is 2.13. The Morgan fingerprint density at radius 3 is 2.75 bits per heavy atom. The Morgan fingerprint density at radius 2 is 2.17 bits per heavy atom. The van der Waals surface area contributed by atoms with Gasteiger partial charge in [-0.1, -0.05) is 0 Å². The van der Waals surface area contributed by atoms with Crippen LogP contribution >= 0.6 is 0 Å². The van der Waals surface area contributed by atoms with Gasteiger partial charge in [0.05, 0.1) is 0 Å². The van der Waals surface area contributed by atoms with Crippen LogP contribution in [0.1, 0.15) is 18.6 Å². The van der Waals surface area contributed by atoms with E-state index in [0.29, 0.717) is 0 Å². The topological polar surface area (TPSA) is 16.4 Å².